The lowest BCUT2D eigenvalue weighted by atomic mass is 10.0. The van der Waals surface area contributed by atoms with Crippen LogP contribution in [0.1, 0.15) is 35.7 Å². The summed E-state index contributed by atoms with van der Waals surface area (Å²) in [4.78, 5) is 21.5. The van der Waals surface area contributed by atoms with Crippen LogP contribution in [0.3, 0.4) is 0 Å². The summed E-state index contributed by atoms with van der Waals surface area (Å²) in [6.45, 7) is 3.25. The summed E-state index contributed by atoms with van der Waals surface area (Å²) in [5.41, 5.74) is 2.98. The van der Waals surface area contributed by atoms with Crippen LogP contribution in [0.15, 0.2) is 42.6 Å². The molecule has 2 aliphatic rings. The fourth-order valence-corrected chi connectivity index (χ4v) is 5.96. The van der Waals surface area contributed by atoms with Gasteiger partial charge in [0.05, 0.1) is 11.5 Å². The van der Waals surface area contributed by atoms with Gasteiger partial charge in [-0.05, 0) is 49.9 Å². The number of nitrogens with zero attached hydrogens (tertiary/aromatic N) is 3. The first kappa shape index (κ1) is 18.9. The number of pyridine rings is 1. The van der Waals surface area contributed by atoms with Gasteiger partial charge in [0.2, 0.25) is 0 Å². The van der Waals surface area contributed by atoms with Gasteiger partial charge in [0, 0.05) is 36.6 Å². The normalized spacial score (nSPS) is 20.6. The second-order valence-corrected chi connectivity index (χ2v) is 9.66. The number of hydrogen-bond donors (Lipinski definition) is 0. The summed E-state index contributed by atoms with van der Waals surface area (Å²) in [5, 5.41) is 0. The molecule has 0 saturated carbocycles. The van der Waals surface area contributed by atoms with Crippen molar-refractivity contribution in [2.45, 2.75) is 32.2 Å². The highest BCUT2D eigenvalue weighted by atomic mass is 32.2. The molecule has 1 aromatic carbocycles. The van der Waals surface area contributed by atoms with E-state index in [0.29, 0.717) is 18.5 Å². The van der Waals surface area contributed by atoms with E-state index in [1.54, 1.807) is 17.2 Å². The van der Waals surface area contributed by atoms with E-state index in [4.69, 9.17) is 0 Å². The van der Waals surface area contributed by atoms with Gasteiger partial charge in [0.1, 0.15) is 5.82 Å². The molecule has 0 aliphatic carbocycles. The summed E-state index contributed by atoms with van der Waals surface area (Å²) in [5.74, 6) is 0.851. The zero-order valence-corrected chi connectivity index (χ0v) is 16.9. The number of benzene rings is 1. The van der Waals surface area contributed by atoms with Gasteiger partial charge < -0.3 is 9.80 Å². The molecule has 1 saturated heterocycles. The topological polar surface area (TPSA) is 70.6 Å². The highest BCUT2D eigenvalue weighted by Gasteiger charge is 2.34. The molecule has 6 nitrogen and oxygen atoms in total. The van der Waals surface area contributed by atoms with Gasteiger partial charge in [-0.25, -0.2) is 13.4 Å². The van der Waals surface area contributed by atoms with Crippen molar-refractivity contribution in [3.05, 3.63) is 53.7 Å². The van der Waals surface area contributed by atoms with Crippen LogP contribution in [0.2, 0.25) is 0 Å². The largest absolute Gasteiger partial charge is 0.335 e. The van der Waals surface area contributed by atoms with Crippen LogP contribution < -0.4 is 4.90 Å². The van der Waals surface area contributed by atoms with E-state index in [9.17, 15) is 13.2 Å². The molecule has 1 aromatic heterocycles. The Hall–Kier alpha value is -2.41. The lowest BCUT2D eigenvalue weighted by molar-refractivity contribution is 0.0708. The third-order valence-electron chi connectivity index (χ3n) is 5.63. The number of sulfone groups is 1. The number of anilines is 2. The van der Waals surface area contributed by atoms with E-state index in [2.05, 4.69) is 22.0 Å². The molecule has 0 spiro atoms. The molecule has 1 atom stereocenters. The first-order chi connectivity index (χ1) is 13.5. The minimum atomic E-state index is -3.04. The van der Waals surface area contributed by atoms with Gasteiger partial charge in [0.15, 0.2) is 9.84 Å². The highest BCUT2D eigenvalue weighted by Crippen LogP contribution is 2.32. The van der Waals surface area contributed by atoms with Gasteiger partial charge in [-0.3, -0.25) is 4.79 Å². The number of aryl methyl sites for hydroxylation is 1. The number of hydrogen-bond acceptors (Lipinski definition) is 5. The van der Waals surface area contributed by atoms with E-state index in [-0.39, 0.29) is 23.5 Å². The number of aromatic nitrogens is 1. The van der Waals surface area contributed by atoms with E-state index < -0.39 is 9.84 Å². The lowest BCUT2D eigenvalue weighted by Gasteiger charge is -2.31. The van der Waals surface area contributed by atoms with Gasteiger partial charge in [-0.15, -0.1) is 0 Å². The molecule has 148 valence electrons. The van der Waals surface area contributed by atoms with Crippen LogP contribution in [0.4, 0.5) is 11.5 Å². The monoisotopic (exact) mass is 399 g/mol. The Morgan fingerprint density at radius 3 is 2.86 bits per heavy atom. The molecule has 28 heavy (non-hydrogen) atoms. The molecule has 0 bridgehead atoms. The average Bonchev–Trinajstić information content (AvgIpc) is 3.07. The fraction of sp³-hybridized carbons (Fsp3) is 0.429. The Balaban J connectivity index is 1.61. The molecule has 2 aromatic rings. The average molecular weight is 400 g/mol. The minimum Gasteiger partial charge on any atom is -0.335 e. The predicted molar refractivity (Wildman–Crippen MR) is 110 cm³/mol. The van der Waals surface area contributed by atoms with Crippen molar-refractivity contribution in [1.29, 1.82) is 0 Å². The summed E-state index contributed by atoms with van der Waals surface area (Å²) in [6.07, 6.45) is 4.27. The van der Waals surface area contributed by atoms with Crippen LogP contribution in [-0.2, 0) is 16.3 Å². The third-order valence-corrected chi connectivity index (χ3v) is 7.38. The lowest BCUT2D eigenvalue weighted by Crippen LogP contribution is -2.41. The second-order valence-electron chi connectivity index (χ2n) is 7.43. The first-order valence-electron chi connectivity index (χ1n) is 9.81. The molecule has 3 heterocycles. The molecule has 2 aliphatic heterocycles. The van der Waals surface area contributed by atoms with Gasteiger partial charge in [-0.2, -0.15) is 0 Å². The molecule has 4 rings (SSSR count). The van der Waals surface area contributed by atoms with Crippen LogP contribution >= 0.6 is 0 Å². The molecule has 0 radical (unpaired) electrons. The van der Waals surface area contributed by atoms with E-state index >= 15 is 0 Å². The maximum absolute atomic E-state index is 13.1. The van der Waals surface area contributed by atoms with Gasteiger partial charge >= 0.3 is 0 Å². The van der Waals surface area contributed by atoms with Crippen molar-refractivity contribution in [3.8, 4) is 0 Å². The van der Waals surface area contributed by atoms with Crippen LogP contribution in [-0.4, -0.2) is 54.8 Å². The molecule has 7 heteroatoms. The number of fused-ring (bicyclic) bond motifs is 1. The molecule has 1 fully saturated rings. The Bertz CT molecular complexity index is 990. The molecular formula is C21H25N3O3S. The number of para-hydroxylation sites is 1. The van der Waals surface area contributed by atoms with Crippen molar-refractivity contribution in [2.75, 3.05) is 29.5 Å². The summed E-state index contributed by atoms with van der Waals surface area (Å²) < 4.78 is 23.7. The zero-order valence-electron chi connectivity index (χ0n) is 16.0. The predicted octanol–water partition coefficient (Wildman–Crippen LogP) is 2.82. The maximum Gasteiger partial charge on any atom is 0.254 e. The number of rotatable bonds is 4. The molecule has 1 unspecified atom stereocenters. The fourth-order valence-electron chi connectivity index (χ4n) is 4.23. The van der Waals surface area contributed by atoms with Crippen molar-refractivity contribution in [3.63, 3.8) is 0 Å². The van der Waals surface area contributed by atoms with E-state index in [0.717, 1.165) is 30.9 Å². The van der Waals surface area contributed by atoms with Crippen molar-refractivity contribution >= 4 is 27.2 Å². The Morgan fingerprint density at radius 2 is 2.11 bits per heavy atom. The Kier molecular flexibility index (Phi) is 5.10. The van der Waals surface area contributed by atoms with Gasteiger partial charge in [-0.1, -0.05) is 18.2 Å². The third kappa shape index (κ3) is 3.63. The zero-order chi connectivity index (χ0) is 19.7. The van der Waals surface area contributed by atoms with E-state index in [1.165, 1.54) is 5.56 Å². The highest BCUT2D eigenvalue weighted by molar-refractivity contribution is 7.91. The number of carbonyl (C=O) groups is 1. The molecule has 1 amide bonds. The maximum atomic E-state index is 13.1. The number of carbonyl (C=O) groups excluding carboxylic acids is 1. The SMILES string of the molecule is CCN(C(=O)c1ccnc(N2CCCc3ccccc32)c1)C1CCS(=O)(=O)C1. The van der Waals surface area contributed by atoms with Crippen LogP contribution in [0, 0.1) is 0 Å². The van der Waals surface area contributed by atoms with Crippen LogP contribution in [0.5, 0.6) is 0 Å². The van der Waals surface area contributed by atoms with E-state index in [1.807, 2.05) is 25.1 Å². The quantitative estimate of drug-likeness (QED) is 0.791. The minimum absolute atomic E-state index is 0.0595. The standard InChI is InChI=1S/C21H25N3O3S/c1-2-23(18-10-13-28(26,27)15-18)21(25)17-9-11-22-20(14-17)24-12-5-7-16-6-3-4-8-19(16)24/h3-4,6,8-9,11,14,18H,2,5,7,10,12-13,15H2,1H3. The Morgan fingerprint density at radius 1 is 1.29 bits per heavy atom. The summed E-state index contributed by atoms with van der Waals surface area (Å²) in [6, 6.07) is 11.6. The number of amides is 1. The Labute approximate surface area is 166 Å². The molecule has 0 N–H and O–H groups in total. The second kappa shape index (κ2) is 7.54. The molecular weight excluding hydrogens is 374 g/mol. The van der Waals surface area contributed by atoms with Crippen molar-refractivity contribution in [1.82, 2.24) is 9.88 Å². The summed E-state index contributed by atoms with van der Waals surface area (Å²) in [7, 11) is -3.04. The summed E-state index contributed by atoms with van der Waals surface area (Å²) >= 11 is 0. The smallest absolute Gasteiger partial charge is 0.254 e. The first-order valence-corrected chi connectivity index (χ1v) is 11.6. The van der Waals surface area contributed by atoms with Crippen molar-refractivity contribution < 1.29 is 13.2 Å². The van der Waals surface area contributed by atoms with Gasteiger partial charge in [0.25, 0.3) is 5.91 Å². The van der Waals surface area contributed by atoms with Crippen LogP contribution in [0.25, 0.3) is 0 Å². The van der Waals surface area contributed by atoms with Crippen molar-refractivity contribution in [2.24, 2.45) is 0 Å².